The molecular formula is C20H22O6. The van der Waals surface area contributed by atoms with Crippen LogP contribution >= 0.6 is 0 Å². The van der Waals surface area contributed by atoms with Crippen LogP contribution in [0.3, 0.4) is 0 Å². The zero-order valence-corrected chi connectivity index (χ0v) is 15.5. The summed E-state index contributed by atoms with van der Waals surface area (Å²) in [6, 6.07) is 6.22. The van der Waals surface area contributed by atoms with Gasteiger partial charge in [-0.1, -0.05) is 19.4 Å². The van der Waals surface area contributed by atoms with Gasteiger partial charge in [-0.05, 0) is 32.0 Å². The number of rotatable bonds is 6. The van der Waals surface area contributed by atoms with Gasteiger partial charge < -0.3 is 13.9 Å². The van der Waals surface area contributed by atoms with Crippen molar-refractivity contribution < 1.29 is 23.5 Å². The number of methoxy groups -OCH3 is 1. The lowest BCUT2D eigenvalue weighted by atomic mass is 9.95. The number of hydrogen-bond acceptors (Lipinski definition) is 6. The SMILES string of the molecule is COc1ccc2ccc(=O)oc2c1[C@H](OC(=O)C=C(C)C)C(=O)C(C)C. The second-order valence-electron chi connectivity index (χ2n) is 6.45. The zero-order valence-electron chi connectivity index (χ0n) is 15.5. The minimum Gasteiger partial charge on any atom is -0.496 e. The first-order valence-electron chi connectivity index (χ1n) is 8.24. The van der Waals surface area contributed by atoms with Crippen LogP contribution in [0.1, 0.15) is 39.4 Å². The lowest BCUT2D eigenvalue weighted by molar-refractivity contribution is -0.152. The number of carbonyl (C=O) groups is 2. The normalized spacial score (nSPS) is 11.9. The minimum atomic E-state index is -1.25. The van der Waals surface area contributed by atoms with Crippen LogP contribution in [-0.4, -0.2) is 18.9 Å². The highest BCUT2D eigenvalue weighted by atomic mass is 16.5. The van der Waals surface area contributed by atoms with Gasteiger partial charge in [0.2, 0.25) is 0 Å². The van der Waals surface area contributed by atoms with Crippen molar-refractivity contribution in [3.8, 4) is 5.75 Å². The average molecular weight is 358 g/mol. The van der Waals surface area contributed by atoms with E-state index in [2.05, 4.69) is 0 Å². The van der Waals surface area contributed by atoms with Crippen LogP contribution in [0, 0.1) is 5.92 Å². The molecule has 2 aromatic rings. The Morgan fingerprint density at radius 3 is 2.35 bits per heavy atom. The standard InChI is InChI=1S/C20H22O6/c1-11(2)10-16(22)26-20(18(23)12(3)4)17-14(24-5)8-6-13-7-9-15(21)25-19(13)17/h6-10,12,20H,1-5H3/t20-/m0/s1. The molecule has 0 spiro atoms. The Kier molecular flexibility index (Phi) is 5.97. The maximum absolute atomic E-state index is 12.8. The third-order valence-corrected chi connectivity index (χ3v) is 3.74. The van der Waals surface area contributed by atoms with Gasteiger partial charge in [0, 0.05) is 23.4 Å². The van der Waals surface area contributed by atoms with Crippen LogP contribution in [0.25, 0.3) is 11.0 Å². The van der Waals surface area contributed by atoms with E-state index >= 15 is 0 Å². The summed E-state index contributed by atoms with van der Waals surface area (Å²) in [5, 5.41) is 0.597. The molecule has 0 radical (unpaired) electrons. The molecule has 6 nitrogen and oxygen atoms in total. The van der Waals surface area contributed by atoms with Gasteiger partial charge >= 0.3 is 11.6 Å². The molecular weight excluding hydrogens is 336 g/mol. The number of ketones is 1. The summed E-state index contributed by atoms with van der Waals surface area (Å²) in [6.07, 6.45) is 0.0521. The summed E-state index contributed by atoms with van der Waals surface area (Å²) in [6.45, 7) is 6.91. The van der Waals surface area contributed by atoms with Gasteiger partial charge in [-0.3, -0.25) is 4.79 Å². The molecule has 2 rings (SSSR count). The fourth-order valence-electron chi connectivity index (χ4n) is 2.51. The lowest BCUT2D eigenvalue weighted by Gasteiger charge is -2.21. The van der Waals surface area contributed by atoms with Crippen LogP contribution in [0.15, 0.2) is 45.1 Å². The summed E-state index contributed by atoms with van der Waals surface area (Å²) in [7, 11) is 1.43. The Balaban J connectivity index is 2.72. The molecule has 0 aliphatic rings. The van der Waals surface area contributed by atoms with E-state index in [0.717, 1.165) is 5.57 Å². The van der Waals surface area contributed by atoms with Crippen molar-refractivity contribution in [1.82, 2.24) is 0 Å². The van der Waals surface area contributed by atoms with Crippen LogP contribution in [0.4, 0.5) is 0 Å². The Morgan fingerprint density at radius 2 is 1.77 bits per heavy atom. The summed E-state index contributed by atoms with van der Waals surface area (Å²) >= 11 is 0. The van der Waals surface area contributed by atoms with Gasteiger partial charge in [-0.15, -0.1) is 0 Å². The predicted octanol–water partition coefficient (Wildman–Crippen LogP) is 3.58. The van der Waals surface area contributed by atoms with E-state index < -0.39 is 23.6 Å². The first-order chi connectivity index (χ1) is 12.2. The van der Waals surface area contributed by atoms with E-state index in [1.54, 1.807) is 45.9 Å². The molecule has 0 aliphatic heterocycles. The predicted molar refractivity (Wildman–Crippen MR) is 97.1 cm³/mol. The quantitative estimate of drug-likeness (QED) is 0.446. The Morgan fingerprint density at radius 1 is 1.12 bits per heavy atom. The largest absolute Gasteiger partial charge is 0.496 e. The van der Waals surface area contributed by atoms with Crippen LogP contribution in [0.5, 0.6) is 5.75 Å². The summed E-state index contributed by atoms with van der Waals surface area (Å²) in [5.41, 5.74) is 0.568. The Hall–Kier alpha value is -2.89. The fourth-order valence-corrected chi connectivity index (χ4v) is 2.51. The Labute approximate surface area is 151 Å². The smallest absolute Gasteiger partial charge is 0.336 e. The number of carbonyl (C=O) groups excluding carboxylic acids is 2. The van der Waals surface area contributed by atoms with Crippen molar-refractivity contribution >= 4 is 22.7 Å². The molecule has 1 atom stereocenters. The van der Waals surface area contributed by atoms with Gasteiger partial charge in [0.1, 0.15) is 11.3 Å². The summed E-state index contributed by atoms with van der Waals surface area (Å²) in [4.78, 5) is 36.7. The van der Waals surface area contributed by atoms with Crippen molar-refractivity contribution in [2.24, 2.45) is 5.92 Å². The third-order valence-electron chi connectivity index (χ3n) is 3.74. The Bertz CT molecular complexity index is 916. The zero-order chi connectivity index (χ0) is 19.4. The number of Topliss-reactive ketones (excluding diaryl/α,β-unsaturated/α-hetero) is 1. The van der Waals surface area contributed by atoms with Gasteiger partial charge in [0.15, 0.2) is 11.9 Å². The third kappa shape index (κ3) is 4.20. The van der Waals surface area contributed by atoms with E-state index in [1.165, 1.54) is 19.3 Å². The van der Waals surface area contributed by atoms with Crippen molar-refractivity contribution in [2.45, 2.75) is 33.8 Å². The van der Waals surface area contributed by atoms with Crippen LogP contribution in [-0.2, 0) is 14.3 Å². The molecule has 0 N–H and O–H groups in total. The molecule has 0 amide bonds. The molecule has 0 saturated carbocycles. The first kappa shape index (κ1) is 19.4. The highest BCUT2D eigenvalue weighted by Gasteiger charge is 2.32. The van der Waals surface area contributed by atoms with E-state index in [1.807, 2.05) is 0 Å². The van der Waals surface area contributed by atoms with E-state index in [0.29, 0.717) is 11.1 Å². The van der Waals surface area contributed by atoms with Crippen molar-refractivity contribution in [3.05, 3.63) is 51.9 Å². The van der Waals surface area contributed by atoms with Crippen molar-refractivity contribution in [3.63, 3.8) is 0 Å². The van der Waals surface area contributed by atoms with Crippen molar-refractivity contribution in [2.75, 3.05) is 7.11 Å². The molecule has 1 aromatic heterocycles. The molecule has 0 saturated heterocycles. The highest BCUT2D eigenvalue weighted by molar-refractivity contribution is 5.95. The van der Waals surface area contributed by atoms with E-state index in [4.69, 9.17) is 13.9 Å². The van der Waals surface area contributed by atoms with Crippen LogP contribution < -0.4 is 10.4 Å². The molecule has 138 valence electrons. The first-order valence-corrected chi connectivity index (χ1v) is 8.24. The molecule has 6 heteroatoms. The highest BCUT2D eigenvalue weighted by Crippen LogP contribution is 2.36. The lowest BCUT2D eigenvalue weighted by Crippen LogP contribution is -2.24. The van der Waals surface area contributed by atoms with Crippen LogP contribution in [0.2, 0.25) is 0 Å². The monoisotopic (exact) mass is 358 g/mol. The molecule has 1 heterocycles. The molecule has 0 unspecified atom stereocenters. The number of benzene rings is 1. The maximum Gasteiger partial charge on any atom is 0.336 e. The van der Waals surface area contributed by atoms with Gasteiger partial charge in [0.25, 0.3) is 0 Å². The molecule has 1 aromatic carbocycles. The molecule has 0 bridgehead atoms. The number of fused-ring (bicyclic) bond motifs is 1. The second-order valence-corrected chi connectivity index (χ2v) is 6.45. The number of hydrogen-bond donors (Lipinski definition) is 0. The topological polar surface area (TPSA) is 82.8 Å². The maximum atomic E-state index is 12.8. The molecule has 0 aliphatic carbocycles. The fraction of sp³-hybridized carbons (Fsp3) is 0.350. The van der Waals surface area contributed by atoms with Gasteiger partial charge in [-0.25, -0.2) is 9.59 Å². The summed E-state index contributed by atoms with van der Waals surface area (Å²) in [5.74, 6) is -1.08. The minimum absolute atomic E-state index is 0.167. The van der Waals surface area contributed by atoms with Gasteiger partial charge in [0.05, 0.1) is 12.7 Å². The second kappa shape index (κ2) is 7.99. The molecule has 0 fully saturated rings. The average Bonchev–Trinajstić information content (AvgIpc) is 2.57. The van der Waals surface area contributed by atoms with Crippen molar-refractivity contribution in [1.29, 1.82) is 0 Å². The van der Waals surface area contributed by atoms with E-state index in [-0.39, 0.29) is 16.9 Å². The molecule has 26 heavy (non-hydrogen) atoms. The number of ether oxygens (including phenoxy) is 2. The van der Waals surface area contributed by atoms with Gasteiger partial charge in [-0.2, -0.15) is 0 Å². The number of esters is 1. The number of allylic oxidation sites excluding steroid dienone is 1. The summed E-state index contributed by atoms with van der Waals surface area (Å²) < 4.78 is 16.1. The van der Waals surface area contributed by atoms with E-state index in [9.17, 15) is 14.4 Å².